The van der Waals surface area contributed by atoms with Gasteiger partial charge in [-0.2, -0.15) is 0 Å². The highest BCUT2D eigenvalue weighted by Crippen LogP contribution is 2.31. The van der Waals surface area contributed by atoms with Crippen LogP contribution in [0.25, 0.3) is 0 Å². The highest BCUT2D eigenvalue weighted by molar-refractivity contribution is 5.85. The number of carbonyl (C=O) groups is 1. The van der Waals surface area contributed by atoms with E-state index in [0.717, 1.165) is 43.0 Å². The minimum absolute atomic E-state index is 0. The van der Waals surface area contributed by atoms with E-state index < -0.39 is 0 Å². The SMILES string of the molecule is Cl.O=C(Cc1ccc2c(c1)OCCO2)C1CCNCC1. The number of fused-ring (bicyclic) bond motifs is 1. The number of hydrogen-bond donors (Lipinski definition) is 1. The minimum atomic E-state index is 0. The molecule has 1 aromatic rings. The van der Waals surface area contributed by atoms with E-state index in [2.05, 4.69) is 5.32 Å². The van der Waals surface area contributed by atoms with Crippen LogP contribution in [-0.4, -0.2) is 32.1 Å². The van der Waals surface area contributed by atoms with Crippen LogP contribution in [0.2, 0.25) is 0 Å². The lowest BCUT2D eigenvalue weighted by Crippen LogP contribution is -2.32. The molecule has 5 heteroatoms. The van der Waals surface area contributed by atoms with E-state index >= 15 is 0 Å². The highest BCUT2D eigenvalue weighted by atomic mass is 35.5. The molecule has 20 heavy (non-hydrogen) atoms. The Morgan fingerprint density at radius 3 is 2.60 bits per heavy atom. The molecule has 0 saturated carbocycles. The van der Waals surface area contributed by atoms with Crippen molar-refractivity contribution in [3.05, 3.63) is 23.8 Å². The van der Waals surface area contributed by atoms with Gasteiger partial charge in [0.25, 0.3) is 0 Å². The summed E-state index contributed by atoms with van der Waals surface area (Å²) in [7, 11) is 0. The molecule has 2 aliphatic rings. The third-order valence-corrected chi connectivity index (χ3v) is 3.78. The number of Topliss-reactive ketones (excluding diaryl/α,β-unsaturated/α-hetero) is 1. The lowest BCUT2D eigenvalue weighted by Gasteiger charge is -2.22. The van der Waals surface area contributed by atoms with E-state index in [1.54, 1.807) is 0 Å². The van der Waals surface area contributed by atoms with Crippen LogP contribution in [0.5, 0.6) is 11.5 Å². The van der Waals surface area contributed by atoms with Crippen molar-refractivity contribution in [3.63, 3.8) is 0 Å². The van der Waals surface area contributed by atoms with Crippen LogP contribution in [0.4, 0.5) is 0 Å². The van der Waals surface area contributed by atoms with E-state index in [-0.39, 0.29) is 18.3 Å². The third kappa shape index (κ3) is 3.44. The summed E-state index contributed by atoms with van der Waals surface area (Å²) < 4.78 is 11.0. The molecule has 4 nitrogen and oxygen atoms in total. The molecule has 3 rings (SSSR count). The maximum Gasteiger partial charge on any atom is 0.161 e. The molecular formula is C15H20ClNO3. The highest BCUT2D eigenvalue weighted by Gasteiger charge is 2.21. The maximum atomic E-state index is 12.2. The summed E-state index contributed by atoms with van der Waals surface area (Å²) in [6.45, 7) is 3.09. The summed E-state index contributed by atoms with van der Waals surface area (Å²) in [5.74, 6) is 2.11. The fourth-order valence-corrected chi connectivity index (χ4v) is 2.69. The molecule has 1 saturated heterocycles. The van der Waals surface area contributed by atoms with Crippen molar-refractivity contribution < 1.29 is 14.3 Å². The maximum absolute atomic E-state index is 12.2. The van der Waals surface area contributed by atoms with Crippen LogP contribution >= 0.6 is 12.4 Å². The summed E-state index contributed by atoms with van der Waals surface area (Å²) >= 11 is 0. The molecule has 2 heterocycles. The molecule has 0 unspecified atom stereocenters. The number of benzene rings is 1. The van der Waals surface area contributed by atoms with Crippen LogP contribution in [0.3, 0.4) is 0 Å². The summed E-state index contributed by atoms with van der Waals surface area (Å²) in [4.78, 5) is 12.2. The average Bonchev–Trinajstić information content (AvgIpc) is 2.48. The van der Waals surface area contributed by atoms with Gasteiger partial charge in [0.1, 0.15) is 19.0 Å². The average molecular weight is 298 g/mol. The van der Waals surface area contributed by atoms with Gasteiger partial charge in [0.05, 0.1) is 0 Å². The Hall–Kier alpha value is -1.26. The summed E-state index contributed by atoms with van der Waals surface area (Å²) in [5, 5.41) is 3.29. The van der Waals surface area contributed by atoms with E-state index in [0.29, 0.717) is 25.4 Å². The van der Waals surface area contributed by atoms with Gasteiger partial charge in [-0.3, -0.25) is 4.79 Å². The number of piperidine rings is 1. The third-order valence-electron chi connectivity index (χ3n) is 3.78. The molecule has 1 N–H and O–H groups in total. The zero-order valence-electron chi connectivity index (χ0n) is 11.4. The van der Waals surface area contributed by atoms with E-state index in [1.165, 1.54) is 0 Å². The van der Waals surface area contributed by atoms with Crippen LogP contribution in [0.1, 0.15) is 18.4 Å². The Bertz CT molecular complexity index is 472. The zero-order chi connectivity index (χ0) is 13.1. The quantitative estimate of drug-likeness (QED) is 0.927. The Labute approximate surface area is 125 Å². The van der Waals surface area contributed by atoms with Gasteiger partial charge in [-0.05, 0) is 43.6 Å². The van der Waals surface area contributed by atoms with E-state index in [1.807, 2.05) is 18.2 Å². The molecule has 0 radical (unpaired) electrons. The fourth-order valence-electron chi connectivity index (χ4n) is 2.69. The lowest BCUT2D eigenvalue weighted by molar-refractivity contribution is -0.122. The van der Waals surface area contributed by atoms with Crippen molar-refractivity contribution in [1.29, 1.82) is 0 Å². The number of nitrogens with one attached hydrogen (secondary N) is 1. The molecule has 1 fully saturated rings. The Balaban J connectivity index is 0.00000147. The van der Waals surface area contributed by atoms with Crippen molar-refractivity contribution >= 4 is 18.2 Å². The monoisotopic (exact) mass is 297 g/mol. The predicted octanol–water partition coefficient (Wildman–Crippen LogP) is 1.99. The molecule has 110 valence electrons. The first kappa shape index (κ1) is 15.1. The second-order valence-electron chi connectivity index (χ2n) is 5.15. The summed E-state index contributed by atoms with van der Waals surface area (Å²) in [6, 6.07) is 5.81. The number of ether oxygens (including phenoxy) is 2. The van der Waals surface area contributed by atoms with Gasteiger partial charge < -0.3 is 14.8 Å². The molecule has 0 spiro atoms. The molecule has 0 atom stereocenters. The predicted molar refractivity (Wildman–Crippen MR) is 79.0 cm³/mol. The van der Waals surface area contributed by atoms with Gasteiger partial charge in [-0.15, -0.1) is 12.4 Å². The molecule has 0 aromatic heterocycles. The largest absolute Gasteiger partial charge is 0.486 e. The van der Waals surface area contributed by atoms with Crippen molar-refractivity contribution in [2.75, 3.05) is 26.3 Å². The van der Waals surface area contributed by atoms with Crippen LogP contribution in [-0.2, 0) is 11.2 Å². The van der Waals surface area contributed by atoms with Crippen molar-refractivity contribution in [3.8, 4) is 11.5 Å². The topological polar surface area (TPSA) is 47.6 Å². The number of ketones is 1. The second-order valence-corrected chi connectivity index (χ2v) is 5.15. The molecule has 2 aliphatic heterocycles. The minimum Gasteiger partial charge on any atom is -0.486 e. The molecule has 0 aliphatic carbocycles. The number of rotatable bonds is 3. The van der Waals surface area contributed by atoms with Gasteiger partial charge >= 0.3 is 0 Å². The first-order valence-electron chi connectivity index (χ1n) is 6.95. The number of halogens is 1. The van der Waals surface area contributed by atoms with Gasteiger partial charge in [-0.25, -0.2) is 0 Å². The van der Waals surface area contributed by atoms with Gasteiger partial charge in [0.2, 0.25) is 0 Å². The molecule has 0 bridgehead atoms. The lowest BCUT2D eigenvalue weighted by atomic mass is 9.90. The molecule has 0 amide bonds. The van der Waals surface area contributed by atoms with Crippen LogP contribution < -0.4 is 14.8 Å². The number of carbonyl (C=O) groups excluding carboxylic acids is 1. The van der Waals surface area contributed by atoms with Gasteiger partial charge in [0, 0.05) is 12.3 Å². The first-order valence-corrected chi connectivity index (χ1v) is 6.95. The summed E-state index contributed by atoms with van der Waals surface area (Å²) in [6.07, 6.45) is 2.42. The van der Waals surface area contributed by atoms with E-state index in [4.69, 9.17) is 9.47 Å². The first-order chi connectivity index (χ1) is 9.33. The van der Waals surface area contributed by atoms with Crippen LogP contribution in [0.15, 0.2) is 18.2 Å². The van der Waals surface area contributed by atoms with Crippen molar-refractivity contribution in [2.24, 2.45) is 5.92 Å². The summed E-state index contributed by atoms with van der Waals surface area (Å²) in [5.41, 5.74) is 1.02. The van der Waals surface area contributed by atoms with E-state index in [9.17, 15) is 4.79 Å². The number of hydrogen-bond acceptors (Lipinski definition) is 4. The van der Waals surface area contributed by atoms with Crippen LogP contribution in [0, 0.1) is 5.92 Å². The molecular weight excluding hydrogens is 278 g/mol. The Morgan fingerprint density at radius 2 is 1.85 bits per heavy atom. The second kappa shape index (κ2) is 6.95. The fraction of sp³-hybridized carbons (Fsp3) is 0.533. The Morgan fingerprint density at radius 1 is 1.15 bits per heavy atom. The standard InChI is InChI=1S/C15H19NO3.ClH/c17-13(12-3-5-16-6-4-12)9-11-1-2-14-15(10-11)19-8-7-18-14;/h1-2,10,12,16H,3-9H2;1H. The Kier molecular flexibility index (Phi) is 5.26. The smallest absolute Gasteiger partial charge is 0.161 e. The van der Waals surface area contributed by atoms with Crippen molar-refractivity contribution in [1.82, 2.24) is 5.32 Å². The van der Waals surface area contributed by atoms with Crippen molar-refractivity contribution in [2.45, 2.75) is 19.3 Å². The normalized spacial score (nSPS) is 18.2. The molecule has 1 aromatic carbocycles. The van der Waals surface area contributed by atoms with Gasteiger partial charge in [0.15, 0.2) is 11.5 Å². The zero-order valence-corrected chi connectivity index (χ0v) is 12.2. The van der Waals surface area contributed by atoms with Gasteiger partial charge in [-0.1, -0.05) is 6.07 Å².